The van der Waals surface area contributed by atoms with Gasteiger partial charge in [0.05, 0.1) is 12.2 Å². The first-order valence-corrected chi connectivity index (χ1v) is 11.6. The van der Waals surface area contributed by atoms with Gasteiger partial charge in [0.2, 0.25) is 17.7 Å². The fraction of sp³-hybridized carbons (Fsp3) is 0.292. The van der Waals surface area contributed by atoms with E-state index >= 15 is 0 Å². The summed E-state index contributed by atoms with van der Waals surface area (Å²) >= 11 is 1.35. The molecule has 0 bridgehead atoms. The second kappa shape index (κ2) is 8.40. The zero-order chi connectivity index (χ0) is 23.1. The largest absolute Gasteiger partial charge is 0.376 e. The van der Waals surface area contributed by atoms with Gasteiger partial charge in [0.25, 0.3) is 0 Å². The van der Waals surface area contributed by atoms with Gasteiger partial charge in [-0.3, -0.25) is 19.3 Å². The predicted molar refractivity (Wildman–Crippen MR) is 128 cm³/mol. The van der Waals surface area contributed by atoms with Gasteiger partial charge in [0.15, 0.2) is 0 Å². The molecule has 8 nitrogen and oxygen atoms in total. The van der Waals surface area contributed by atoms with Gasteiger partial charge in [-0.15, -0.1) is 0 Å². The number of nitrogens with one attached hydrogen (secondary N) is 1. The van der Waals surface area contributed by atoms with E-state index in [1.54, 1.807) is 17.0 Å². The highest BCUT2D eigenvalue weighted by Crippen LogP contribution is 2.37. The maximum atomic E-state index is 13.1. The molecule has 1 saturated heterocycles. The minimum Gasteiger partial charge on any atom is -0.376 e. The Hall–Kier alpha value is -3.59. The van der Waals surface area contributed by atoms with Crippen molar-refractivity contribution in [1.82, 2.24) is 9.36 Å². The van der Waals surface area contributed by atoms with Gasteiger partial charge in [-0.2, -0.15) is 4.37 Å². The summed E-state index contributed by atoms with van der Waals surface area (Å²) in [6, 6.07) is 11.4. The number of aryl methyl sites for hydroxylation is 2. The van der Waals surface area contributed by atoms with Gasteiger partial charge in [-0.05, 0) is 55.6 Å². The molecular formula is C24H23N5O3S. The Morgan fingerprint density at radius 3 is 2.55 bits per heavy atom. The Labute approximate surface area is 195 Å². The van der Waals surface area contributed by atoms with E-state index in [1.165, 1.54) is 16.4 Å². The topological polar surface area (TPSA) is 95.5 Å². The van der Waals surface area contributed by atoms with E-state index in [9.17, 15) is 14.4 Å². The van der Waals surface area contributed by atoms with E-state index in [0.29, 0.717) is 18.7 Å². The van der Waals surface area contributed by atoms with Crippen LogP contribution in [0.3, 0.4) is 0 Å². The van der Waals surface area contributed by atoms with Crippen LogP contribution in [0.1, 0.15) is 29.8 Å². The number of aromatic nitrogens is 2. The normalized spacial score (nSPS) is 15.3. The number of carbonyl (C=O) groups is 3. The highest BCUT2D eigenvalue weighted by atomic mass is 32.1. The molecule has 0 radical (unpaired) electrons. The molecule has 3 amide bonds. The summed E-state index contributed by atoms with van der Waals surface area (Å²) in [5.74, 6) is 0.313. The van der Waals surface area contributed by atoms with E-state index in [-0.39, 0.29) is 37.1 Å². The SMILES string of the molecule is Cc1nsc(-c2ccc(C)c(NCC(=O)N3CCc4c3cccc4N3C(=O)CCC3=O)c2)n1. The lowest BCUT2D eigenvalue weighted by Crippen LogP contribution is -2.34. The van der Waals surface area contributed by atoms with E-state index in [1.807, 2.05) is 38.1 Å². The summed E-state index contributed by atoms with van der Waals surface area (Å²) in [6.07, 6.45) is 1.09. The zero-order valence-electron chi connectivity index (χ0n) is 18.4. The second-order valence-electron chi connectivity index (χ2n) is 8.22. The summed E-state index contributed by atoms with van der Waals surface area (Å²) in [5.41, 5.74) is 5.11. The number of carbonyl (C=O) groups excluding carboxylic acids is 3. The molecule has 0 saturated carbocycles. The maximum absolute atomic E-state index is 13.1. The van der Waals surface area contributed by atoms with E-state index in [4.69, 9.17) is 0 Å². The number of anilines is 3. The highest BCUT2D eigenvalue weighted by Gasteiger charge is 2.35. The molecular weight excluding hydrogens is 438 g/mol. The molecule has 0 aliphatic carbocycles. The second-order valence-corrected chi connectivity index (χ2v) is 8.97. The number of hydrogen-bond donors (Lipinski definition) is 1. The molecule has 5 rings (SSSR count). The quantitative estimate of drug-likeness (QED) is 0.585. The van der Waals surface area contributed by atoms with Gasteiger partial charge in [-0.25, -0.2) is 4.98 Å². The summed E-state index contributed by atoms with van der Waals surface area (Å²) in [5, 5.41) is 4.11. The Kier molecular flexibility index (Phi) is 5.41. The molecule has 3 heterocycles. The van der Waals surface area contributed by atoms with Crippen molar-refractivity contribution in [2.75, 3.05) is 28.2 Å². The third-order valence-electron chi connectivity index (χ3n) is 6.04. The lowest BCUT2D eigenvalue weighted by atomic mass is 10.1. The van der Waals surface area contributed by atoms with Crippen LogP contribution in [-0.4, -0.2) is 40.2 Å². The molecule has 9 heteroatoms. The Balaban J connectivity index is 1.33. The van der Waals surface area contributed by atoms with Crippen molar-refractivity contribution in [2.45, 2.75) is 33.1 Å². The van der Waals surface area contributed by atoms with E-state index in [0.717, 1.165) is 38.9 Å². The van der Waals surface area contributed by atoms with Gasteiger partial charge in [-0.1, -0.05) is 18.2 Å². The number of nitrogens with zero attached hydrogens (tertiary/aromatic N) is 4. The molecule has 1 N–H and O–H groups in total. The van der Waals surface area contributed by atoms with Crippen molar-refractivity contribution in [2.24, 2.45) is 0 Å². The van der Waals surface area contributed by atoms with E-state index < -0.39 is 0 Å². The van der Waals surface area contributed by atoms with Crippen molar-refractivity contribution in [3.8, 4) is 10.6 Å². The van der Waals surface area contributed by atoms with Crippen LogP contribution in [0, 0.1) is 13.8 Å². The maximum Gasteiger partial charge on any atom is 0.246 e. The van der Waals surface area contributed by atoms with Crippen LogP contribution in [0.25, 0.3) is 10.6 Å². The van der Waals surface area contributed by atoms with Crippen molar-refractivity contribution in [1.29, 1.82) is 0 Å². The fourth-order valence-corrected chi connectivity index (χ4v) is 5.02. The average Bonchev–Trinajstić information content (AvgIpc) is 3.51. The number of imide groups is 1. The average molecular weight is 462 g/mol. The first-order chi connectivity index (χ1) is 15.9. The number of amides is 3. The molecule has 0 atom stereocenters. The van der Waals surface area contributed by atoms with Crippen molar-refractivity contribution in [3.63, 3.8) is 0 Å². The summed E-state index contributed by atoms with van der Waals surface area (Å²) < 4.78 is 4.24. The summed E-state index contributed by atoms with van der Waals surface area (Å²) in [4.78, 5) is 45.0. The van der Waals surface area contributed by atoms with Crippen molar-refractivity contribution in [3.05, 3.63) is 53.3 Å². The predicted octanol–water partition coefficient (Wildman–Crippen LogP) is 3.48. The summed E-state index contributed by atoms with van der Waals surface area (Å²) in [7, 11) is 0. The minimum atomic E-state index is -0.180. The molecule has 2 aliphatic rings. The monoisotopic (exact) mass is 461 g/mol. The van der Waals surface area contributed by atoms with Gasteiger partial charge in [0.1, 0.15) is 10.8 Å². The molecule has 2 aliphatic heterocycles. The van der Waals surface area contributed by atoms with Crippen LogP contribution in [0.2, 0.25) is 0 Å². The van der Waals surface area contributed by atoms with Gasteiger partial charge in [0, 0.05) is 41.9 Å². The zero-order valence-corrected chi connectivity index (χ0v) is 19.2. The first kappa shape index (κ1) is 21.3. The van der Waals surface area contributed by atoms with Crippen molar-refractivity contribution < 1.29 is 14.4 Å². The number of benzene rings is 2. The standard InChI is InChI=1S/C24H23N5O3S/c1-14-6-7-16(24-26-15(2)27-33-24)12-18(14)25-13-23(32)28-11-10-17-19(28)4-3-5-20(17)29-21(30)8-9-22(29)31/h3-7,12,25H,8-11,13H2,1-2H3. The van der Waals surface area contributed by atoms with Crippen LogP contribution < -0.4 is 15.1 Å². The van der Waals surface area contributed by atoms with Gasteiger partial charge < -0.3 is 10.2 Å². The third kappa shape index (κ3) is 3.89. The molecule has 1 aromatic heterocycles. The lowest BCUT2D eigenvalue weighted by molar-refractivity contribution is -0.121. The number of fused-ring (bicyclic) bond motifs is 1. The minimum absolute atomic E-state index is 0.0680. The fourth-order valence-electron chi connectivity index (χ4n) is 4.36. The number of rotatable bonds is 5. The number of hydrogen-bond acceptors (Lipinski definition) is 7. The van der Waals surface area contributed by atoms with Crippen LogP contribution in [0.4, 0.5) is 17.1 Å². The molecule has 0 spiro atoms. The Morgan fingerprint density at radius 1 is 1.06 bits per heavy atom. The third-order valence-corrected chi connectivity index (χ3v) is 6.89. The Bertz CT molecular complexity index is 1270. The smallest absolute Gasteiger partial charge is 0.246 e. The molecule has 33 heavy (non-hydrogen) atoms. The molecule has 2 aromatic carbocycles. The van der Waals surface area contributed by atoms with Crippen LogP contribution >= 0.6 is 11.5 Å². The van der Waals surface area contributed by atoms with Crippen molar-refractivity contribution >= 4 is 46.3 Å². The molecule has 0 unspecified atom stereocenters. The molecule has 168 valence electrons. The summed E-state index contributed by atoms with van der Waals surface area (Å²) in [6.45, 7) is 4.50. The van der Waals surface area contributed by atoms with Crippen LogP contribution in [-0.2, 0) is 20.8 Å². The van der Waals surface area contributed by atoms with Gasteiger partial charge >= 0.3 is 0 Å². The van der Waals surface area contributed by atoms with E-state index in [2.05, 4.69) is 14.7 Å². The first-order valence-electron chi connectivity index (χ1n) is 10.9. The van der Waals surface area contributed by atoms with Crippen LogP contribution in [0.5, 0.6) is 0 Å². The van der Waals surface area contributed by atoms with Crippen LogP contribution in [0.15, 0.2) is 36.4 Å². The highest BCUT2D eigenvalue weighted by molar-refractivity contribution is 7.09. The molecule has 1 fully saturated rings. The molecule has 3 aromatic rings. The lowest BCUT2D eigenvalue weighted by Gasteiger charge is -2.21. The Morgan fingerprint density at radius 2 is 1.82 bits per heavy atom.